The van der Waals surface area contributed by atoms with Crippen molar-refractivity contribution in [2.75, 3.05) is 6.61 Å². The van der Waals surface area contributed by atoms with Crippen molar-refractivity contribution in [1.29, 1.82) is 0 Å². The Hall–Kier alpha value is -3.18. The summed E-state index contributed by atoms with van der Waals surface area (Å²) in [6.07, 6.45) is 1.85. The van der Waals surface area contributed by atoms with E-state index in [0.29, 0.717) is 32.9 Å². The molecule has 0 fully saturated rings. The Bertz CT molecular complexity index is 1470. The topological polar surface area (TPSA) is 39.4 Å². The van der Waals surface area contributed by atoms with Crippen molar-refractivity contribution in [1.82, 2.24) is 0 Å². The Morgan fingerprint density at radius 3 is 2.03 bits per heavy atom. The van der Waals surface area contributed by atoms with Gasteiger partial charge >= 0.3 is 5.63 Å². The van der Waals surface area contributed by atoms with Crippen molar-refractivity contribution in [3.63, 3.8) is 0 Å². The first-order chi connectivity index (χ1) is 17.6. The molecule has 1 heterocycles. The SMILES string of the molecule is O=c1oc2cc(OCCCc3ccccc3)ccc2cc1[S+](c1ccc(Cl)cc1)c1ccc(Cl)cc1. The fourth-order valence-electron chi connectivity index (χ4n) is 3.95. The first kappa shape index (κ1) is 24.5. The third-order valence-corrected chi connectivity index (χ3v) is 8.43. The largest absolute Gasteiger partial charge is 0.493 e. The molecule has 5 rings (SSSR count). The maximum Gasteiger partial charge on any atom is 0.393 e. The molecule has 3 nitrogen and oxygen atoms in total. The number of halogens is 2. The van der Waals surface area contributed by atoms with Crippen LogP contribution in [0.25, 0.3) is 11.0 Å². The second-order valence-corrected chi connectivity index (χ2v) is 11.1. The second kappa shape index (κ2) is 11.3. The minimum Gasteiger partial charge on any atom is -0.493 e. The quantitative estimate of drug-likeness (QED) is 0.114. The van der Waals surface area contributed by atoms with Crippen molar-refractivity contribution >= 4 is 45.1 Å². The molecular formula is C30H23Cl2O3S+. The summed E-state index contributed by atoms with van der Waals surface area (Å²) < 4.78 is 11.7. The van der Waals surface area contributed by atoms with Gasteiger partial charge in [-0.25, -0.2) is 4.79 Å². The summed E-state index contributed by atoms with van der Waals surface area (Å²) in [5.41, 5.74) is 1.41. The molecule has 0 saturated carbocycles. The number of rotatable bonds is 8. The molecule has 4 aromatic carbocycles. The summed E-state index contributed by atoms with van der Waals surface area (Å²) in [4.78, 5) is 15.7. The lowest BCUT2D eigenvalue weighted by Crippen LogP contribution is -2.15. The number of benzene rings is 4. The van der Waals surface area contributed by atoms with E-state index in [1.165, 1.54) is 5.56 Å². The number of hydrogen-bond acceptors (Lipinski definition) is 3. The standard InChI is InChI=1S/C30H23Cl2O3S/c31-23-9-14-26(15-10-23)36(27-16-11-24(32)12-17-27)29-19-22-8-13-25(20-28(22)35-30(29)33)34-18-4-7-21-5-2-1-3-6-21/h1-3,5-6,8-17,19-20H,4,7,18H2/q+1. The predicted molar refractivity (Wildman–Crippen MR) is 148 cm³/mol. The molecule has 180 valence electrons. The highest BCUT2D eigenvalue weighted by molar-refractivity contribution is 7.97. The van der Waals surface area contributed by atoms with E-state index in [2.05, 4.69) is 12.1 Å². The van der Waals surface area contributed by atoms with Gasteiger partial charge in [-0.15, -0.1) is 0 Å². The van der Waals surface area contributed by atoms with Crippen LogP contribution in [0.15, 0.2) is 127 Å². The lowest BCUT2D eigenvalue weighted by Gasteiger charge is -2.09. The van der Waals surface area contributed by atoms with Gasteiger partial charge in [-0.1, -0.05) is 53.5 Å². The molecule has 1 aromatic heterocycles. The zero-order valence-corrected chi connectivity index (χ0v) is 21.7. The molecule has 5 aromatic rings. The molecule has 0 aliphatic rings. The van der Waals surface area contributed by atoms with Gasteiger partial charge in [0.05, 0.1) is 6.61 Å². The summed E-state index contributed by atoms with van der Waals surface area (Å²) in [7, 11) is -0.683. The zero-order chi connectivity index (χ0) is 24.9. The lowest BCUT2D eigenvalue weighted by molar-refractivity contribution is 0.311. The minimum atomic E-state index is -0.683. The van der Waals surface area contributed by atoms with Gasteiger partial charge in [0.25, 0.3) is 4.90 Å². The Kier molecular flexibility index (Phi) is 7.66. The van der Waals surface area contributed by atoms with Crippen LogP contribution < -0.4 is 10.4 Å². The molecule has 0 N–H and O–H groups in total. The third-order valence-electron chi connectivity index (χ3n) is 5.72. The molecule has 0 aliphatic carbocycles. The summed E-state index contributed by atoms with van der Waals surface area (Å²) >= 11 is 12.2. The first-order valence-corrected chi connectivity index (χ1v) is 13.5. The average Bonchev–Trinajstić information content (AvgIpc) is 2.90. The number of ether oxygens (including phenoxy) is 1. The van der Waals surface area contributed by atoms with E-state index in [1.807, 2.05) is 84.9 Å². The highest BCUT2D eigenvalue weighted by Gasteiger charge is 2.33. The van der Waals surface area contributed by atoms with E-state index < -0.39 is 10.9 Å². The van der Waals surface area contributed by atoms with Crippen LogP contribution in [0.1, 0.15) is 12.0 Å². The first-order valence-electron chi connectivity index (χ1n) is 11.6. The Labute approximate surface area is 222 Å². The molecule has 36 heavy (non-hydrogen) atoms. The van der Waals surface area contributed by atoms with Crippen LogP contribution in [0.2, 0.25) is 10.0 Å². The van der Waals surface area contributed by atoms with Crippen LogP contribution in [0.5, 0.6) is 5.75 Å². The van der Waals surface area contributed by atoms with Crippen molar-refractivity contribution in [2.45, 2.75) is 27.5 Å². The van der Waals surface area contributed by atoms with Gasteiger partial charge in [0.2, 0.25) is 0 Å². The predicted octanol–water partition coefficient (Wildman–Crippen LogP) is 8.21. The van der Waals surface area contributed by atoms with Crippen molar-refractivity contribution in [3.05, 3.63) is 129 Å². The fraction of sp³-hybridized carbons (Fsp3) is 0.100. The molecule has 0 bridgehead atoms. The molecule has 0 aliphatic heterocycles. The molecule has 0 radical (unpaired) electrons. The van der Waals surface area contributed by atoms with Crippen LogP contribution >= 0.6 is 23.2 Å². The third kappa shape index (κ3) is 5.79. The lowest BCUT2D eigenvalue weighted by atomic mass is 10.1. The van der Waals surface area contributed by atoms with Crippen LogP contribution in [0.3, 0.4) is 0 Å². The molecular weight excluding hydrogens is 511 g/mol. The maximum atomic E-state index is 13.2. The van der Waals surface area contributed by atoms with E-state index in [9.17, 15) is 4.79 Å². The van der Waals surface area contributed by atoms with Gasteiger partial charge in [0.1, 0.15) is 22.2 Å². The molecule has 0 unspecified atom stereocenters. The van der Waals surface area contributed by atoms with E-state index in [1.54, 1.807) is 6.07 Å². The Morgan fingerprint density at radius 2 is 1.39 bits per heavy atom. The average molecular weight is 534 g/mol. The van der Waals surface area contributed by atoms with E-state index >= 15 is 0 Å². The zero-order valence-electron chi connectivity index (χ0n) is 19.3. The minimum absolute atomic E-state index is 0.378. The molecule has 0 spiro atoms. The van der Waals surface area contributed by atoms with Gasteiger partial charge in [-0.3, -0.25) is 0 Å². The molecule has 0 saturated heterocycles. The van der Waals surface area contributed by atoms with Crippen LogP contribution in [-0.2, 0) is 17.3 Å². The summed E-state index contributed by atoms with van der Waals surface area (Å²) in [6.45, 7) is 0.583. The number of aryl methyl sites for hydroxylation is 1. The van der Waals surface area contributed by atoms with Crippen LogP contribution in [0.4, 0.5) is 0 Å². The maximum absolute atomic E-state index is 13.2. The van der Waals surface area contributed by atoms with Crippen molar-refractivity contribution in [2.24, 2.45) is 0 Å². The monoisotopic (exact) mass is 533 g/mol. The Morgan fingerprint density at radius 1 is 0.750 bits per heavy atom. The molecule has 0 amide bonds. The highest BCUT2D eigenvalue weighted by Crippen LogP contribution is 2.33. The second-order valence-electron chi connectivity index (χ2n) is 8.25. The summed E-state index contributed by atoms with van der Waals surface area (Å²) in [5.74, 6) is 0.681. The van der Waals surface area contributed by atoms with Gasteiger partial charge in [0.15, 0.2) is 9.79 Å². The molecule has 0 atom stereocenters. The summed E-state index contributed by atoms with van der Waals surface area (Å²) in [5, 5.41) is 2.11. The fourth-order valence-corrected chi connectivity index (χ4v) is 6.25. The van der Waals surface area contributed by atoms with Crippen LogP contribution in [0, 0.1) is 0 Å². The van der Waals surface area contributed by atoms with Crippen molar-refractivity contribution in [3.8, 4) is 5.75 Å². The highest BCUT2D eigenvalue weighted by atomic mass is 35.5. The van der Waals surface area contributed by atoms with E-state index in [4.69, 9.17) is 32.4 Å². The van der Waals surface area contributed by atoms with Gasteiger partial charge in [-0.2, -0.15) is 0 Å². The molecule has 6 heteroatoms. The van der Waals surface area contributed by atoms with Gasteiger partial charge in [-0.05, 0) is 79.1 Å². The normalized spacial score (nSPS) is 11.2. The van der Waals surface area contributed by atoms with E-state index in [-0.39, 0.29) is 5.63 Å². The van der Waals surface area contributed by atoms with Gasteiger partial charge < -0.3 is 9.15 Å². The number of hydrogen-bond donors (Lipinski definition) is 0. The Balaban J connectivity index is 1.41. The smallest absolute Gasteiger partial charge is 0.393 e. The summed E-state index contributed by atoms with van der Waals surface area (Å²) in [6, 6.07) is 33.0. The van der Waals surface area contributed by atoms with Crippen LogP contribution in [-0.4, -0.2) is 6.61 Å². The number of fused-ring (bicyclic) bond motifs is 1. The van der Waals surface area contributed by atoms with Gasteiger partial charge in [0, 0.05) is 27.6 Å². The van der Waals surface area contributed by atoms with E-state index in [0.717, 1.165) is 28.0 Å². The van der Waals surface area contributed by atoms with Crippen molar-refractivity contribution < 1.29 is 9.15 Å².